The highest BCUT2D eigenvalue weighted by Crippen LogP contribution is 2.68. The normalized spacial score (nSPS) is 33.1. The second-order valence-electron chi connectivity index (χ2n) is 20.7. The zero-order valence-electron chi connectivity index (χ0n) is 41.1. The van der Waals surface area contributed by atoms with Crippen LogP contribution < -0.4 is 20.3 Å². The summed E-state index contributed by atoms with van der Waals surface area (Å²) in [4.78, 5) is 67.9. The predicted octanol–water partition coefficient (Wildman–Crippen LogP) is 6.13. The van der Waals surface area contributed by atoms with Gasteiger partial charge in [0.25, 0.3) is 0 Å². The summed E-state index contributed by atoms with van der Waals surface area (Å²) in [5, 5.41) is 21.0. The minimum absolute atomic E-state index is 0.136. The molecular formula is C54H66N6O9. The molecule has 2 amide bonds. The van der Waals surface area contributed by atoms with E-state index in [4.69, 9.17) is 18.9 Å². The van der Waals surface area contributed by atoms with E-state index in [1.54, 1.807) is 7.11 Å². The number of piperidine rings is 1. The fourth-order valence-electron chi connectivity index (χ4n) is 14.8. The molecule has 6 heterocycles. The Balaban J connectivity index is 1.19. The van der Waals surface area contributed by atoms with Crippen LogP contribution in [-0.2, 0) is 45.8 Å². The van der Waals surface area contributed by atoms with Crippen molar-refractivity contribution >= 4 is 46.2 Å². The summed E-state index contributed by atoms with van der Waals surface area (Å²) in [6.45, 7) is 10.7. The van der Waals surface area contributed by atoms with Gasteiger partial charge in [0, 0.05) is 96.6 Å². The van der Waals surface area contributed by atoms with Crippen LogP contribution in [0.1, 0.15) is 80.8 Å². The summed E-state index contributed by atoms with van der Waals surface area (Å²) >= 11 is 0. The maximum absolute atomic E-state index is 15.7. The van der Waals surface area contributed by atoms with E-state index in [0.29, 0.717) is 88.2 Å². The van der Waals surface area contributed by atoms with Crippen molar-refractivity contribution in [2.45, 2.75) is 106 Å². The Labute approximate surface area is 403 Å². The first-order valence-electron chi connectivity index (χ1n) is 24.5. The number of carbonyl (C=O) groups is 4. The molecule has 0 radical (unpaired) electrons. The van der Waals surface area contributed by atoms with Crippen molar-refractivity contribution in [1.29, 1.82) is 0 Å². The number of nitrogens with zero attached hydrogens (tertiary/aromatic N) is 3. The Bertz CT molecular complexity index is 2760. The van der Waals surface area contributed by atoms with Gasteiger partial charge in [0.05, 0.1) is 32.9 Å². The molecule has 366 valence electrons. The Morgan fingerprint density at radius 3 is 2.36 bits per heavy atom. The van der Waals surface area contributed by atoms with E-state index in [-0.39, 0.29) is 18.0 Å². The number of benzene rings is 3. The molecule has 15 heteroatoms. The molecule has 15 nitrogen and oxygen atoms in total. The van der Waals surface area contributed by atoms with Gasteiger partial charge in [-0.2, -0.15) is 0 Å². The lowest BCUT2D eigenvalue weighted by Crippen LogP contribution is -2.81. The Kier molecular flexibility index (Phi) is 11.5. The van der Waals surface area contributed by atoms with Gasteiger partial charge in [-0.1, -0.05) is 61.9 Å². The zero-order valence-corrected chi connectivity index (χ0v) is 41.1. The lowest BCUT2D eigenvalue weighted by molar-refractivity contribution is -0.228. The topological polar surface area (TPSA) is 175 Å². The fraction of sp³-hybridized carbons (Fsp3) is 0.519. The first kappa shape index (κ1) is 46.8. The molecule has 1 saturated carbocycles. The van der Waals surface area contributed by atoms with Crippen molar-refractivity contribution in [2.75, 3.05) is 71.3 Å². The van der Waals surface area contributed by atoms with Gasteiger partial charge in [-0.15, -0.1) is 0 Å². The molecule has 1 spiro atoms. The molecule has 10 atom stereocenters. The quantitative estimate of drug-likeness (QED) is 0.0861. The van der Waals surface area contributed by atoms with Gasteiger partial charge in [-0.25, -0.2) is 9.59 Å². The number of esters is 3. The Hall–Kier alpha value is -5.90. The average molecular weight is 943 g/mol. The molecule has 1 unspecified atom stereocenters. The van der Waals surface area contributed by atoms with Gasteiger partial charge >= 0.3 is 23.9 Å². The lowest BCUT2D eigenvalue weighted by Gasteiger charge is -2.63. The number of carbonyl (C=O) groups excluding carboxylic acids is 4. The third kappa shape index (κ3) is 6.69. The number of anilines is 2. The number of nitrogens with one attached hydrogen (secondary N) is 3. The largest absolute Gasteiger partial charge is 0.496 e. The minimum atomic E-state index is -2.33. The molecule has 2 bridgehead atoms. The van der Waals surface area contributed by atoms with Crippen molar-refractivity contribution < 1.29 is 43.2 Å². The van der Waals surface area contributed by atoms with Crippen LogP contribution >= 0.6 is 0 Å². The highest BCUT2D eigenvalue weighted by molar-refractivity contribution is 5.95. The molecule has 3 aromatic carbocycles. The van der Waals surface area contributed by atoms with Crippen molar-refractivity contribution in [3.63, 3.8) is 0 Å². The molecule has 5 aliphatic heterocycles. The molecule has 4 N–H and O–H groups in total. The highest BCUT2D eigenvalue weighted by atomic mass is 16.6. The number of aromatic nitrogens is 1. The summed E-state index contributed by atoms with van der Waals surface area (Å²) in [6, 6.07) is 18.4. The van der Waals surface area contributed by atoms with Crippen LogP contribution in [0.4, 0.5) is 16.2 Å². The van der Waals surface area contributed by atoms with Crippen LogP contribution in [-0.4, -0.2) is 134 Å². The van der Waals surface area contributed by atoms with Gasteiger partial charge in [-0.05, 0) is 93.3 Å². The van der Waals surface area contributed by atoms with Crippen molar-refractivity contribution in [2.24, 2.45) is 11.3 Å². The maximum Gasteiger partial charge on any atom is 0.344 e. The van der Waals surface area contributed by atoms with E-state index in [1.807, 2.05) is 74.3 Å². The van der Waals surface area contributed by atoms with Gasteiger partial charge in [0.15, 0.2) is 6.10 Å². The summed E-state index contributed by atoms with van der Waals surface area (Å²) in [7, 11) is 6.16. The molecule has 4 aromatic rings. The highest BCUT2D eigenvalue weighted by Gasteiger charge is 2.80. The molecule has 2 saturated heterocycles. The third-order valence-electron chi connectivity index (χ3n) is 17.3. The fourth-order valence-corrected chi connectivity index (χ4v) is 14.8. The van der Waals surface area contributed by atoms with Crippen molar-refractivity contribution in [3.05, 3.63) is 101 Å². The van der Waals surface area contributed by atoms with E-state index in [2.05, 4.69) is 56.6 Å². The number of hydrogen-bond donors (Lipinski definition) is 4. The van der Waals surface area contributed by atoms with E-state index < -0.39 is 57.4 Å². The van der Waals surface area contributed by atoms with Gasteiger partial charge in [0.1, 0.15) is 11.2 Å². The van der Waals surface area contributed by atoms with Crippen LogP contribution in [0.3, 0.4) is 0 Å². The van der Waals surface area contributed by atoms with Crippen molar-refractivity contribution in [3.8, 4) is 5.75 Å². The number of fused-ring (bicyclic) bond motifs is 6. The second kappa shape index (κ2) is 16.9. The summed E-state index contributed by atoms with van der Waals surface area (Å²) in [5.74, 6) is -1.66. The summed E-state index contributed by atoms with van der Waals surface area (Å²) in [5.41, 5.74) is 0.205. The molecule has 6 aliphatic rings. The first-order chi connectivity index (χ1) is 33.1. The lowest BCUT2D eigenvalue weighted by atomic mass is 9.47. The maximum atomic E-state index is 15.7. The van der Waals surface area contributed by atoms with E-state index in [1.165, 1.54) is 21.1 Å². The van der Waals surface area contributed by atoms with Crippen LogP contribution in [0, 0.1) is 18.3 Å². The average Bonchev–Trinajstić information content (AvgIpc) is 4.01. The number of ether oxygens (including phenoxy) is 4. The van der Waals surface area contributed by atoms with Crippen molar-refractivity contribution in [1.82, 2.24) is 20.1 Å². The SMILES string of the molecule is CC[C@]1(NC(=O)Nc2ccc(C)cc2)C[C@H]2CN(CCc3c([nH]c4ccccc34)[C@@](C(=O)OC)(c3cc4c(cc3OC)N(C)[C@H]3[C@@](O)(C(=O)OC)[C@H](OC(C)=O)[C@]5(CC)C=CCN6CC[C@]43[C@@H]65)C2)C1. The smallest absolute Gasteiger partial charge is 0.344 e. The molecule has 10 rings (SSSR count). The van der Waals surface area contributed by atoms with Crippen LogP contribution in [0.25, 0.3) is 10.9 Å². The number of rotatable bonds is 9. The Morgan fingerprint density at radius 2 is 1.67 bits per heavy atom. The number of urea groups is 1. The number of aryl methyl sites for hydroxylation is 1. The zero-order chi connectivity index (χ0) is 48.8. The molecule has 1 aliphatic carbocycles. The number of likely N-dealkylation sites (N-methyl/N-ethyl adjacent to an activating group) is 1. The number of amides is 2. The summed E-state index contributed by atoms with van der Waals surface area (Å²) in [6.07, 6.45) is 5.96. The predicted molar refractivity (Wildman–Crippen MR) is 262 cm³/mol. The van der Waals surface area contributed by atoms with E-state index in [9.17, 15) is 19.5 Å². The standard InChI is InChI=1S/C54H66N6O9/c1-9-50(57-49(64)55-35-18-16-32(3)17-19-35)28-34-29-53(47(62)67-7,43-37(20-24-59(30-34)31-50)36-14-11-12-15-40(36)56-43)39-26-38-41(27-42(39)66-6)58(5)45-52(38)22-25-60-23-13-21-51(10-2,44(52)60)46(69-33(4)61)54(45,65)48(63)68-8/h11-19,21,26-27,34,44-46,56,65H,9-10,20,22-25,28-31H2,1-8H3,(H2,55,57,64)/t34-,44+,45-,46-,50+,51-,52-,53+,54+/m1/s1. The molecule has 69 heavy (non-hydrogen) atoms. The van der Waals surface area contributed by atoms with Crippen LogP contribution in [0.5, 0.6) is 5.75 Å². The van der Waals surface area contributed by atoms with Gasteiger partial charge < -0.3 is 49.5 Å². The first-order valence-corrected chi connectivity index (χ1v) is 24.5. The minimum Gasteiger partial charge on any atom is -0.496 e. The number of aliphatic hydroxyl groups is 1. The molecular weight excluding hydrogens is 877 g/mol. The third-order valence-corrected chi connectivity index (χ3v) is 17.3. The van der Waals surface area contributed by atoms with E-state index >= 15 is 4.79 Å². The van der Waals surface area contributed by atoms with Gasteiger partial charge in [0.2, 0.25) is 5.60 Å². The number of aromatic amines is 1. The van der Waals surface area contributed by atoms with Gasteiger partial charge in [-0.3, -0.25) is 14.5 Å². The Morgan fingerprint density at radius 1 is 0.913 bits per heavy atom. The van der Waals surface area contributed by atoms with Crippen LogP contribution in [0.15, 0.2) is 72.8 Å². The number of H-pyrrole nitrogens is 1. The van der Waals surface area contributed by atoms with Crippen LogP contribution in [0.2, 0.25) is 0 Å². The number of para-hydroxylation sites is 1. The molecule has 1 aromatic heterocycles. The number of hydrogen-bond acceptors (Lipinski definition) is 12. The van der Waals surface area contributed by atoms with E-state index in [0.717, 1.165) is 39.0 Å². The monoisotopic (exact) mass is 942 g/mol. The second-order valence-corrected chi connectivity index (χ2v) is 20.7. The summed E-state index contributed by atoms with van der Waals surface area (Å²) < 4.78 is 24.3. The molecule has 3 fully saturated rings. The number of methoxy groups -OCH3 is 3.